The second-order valence-corrected chi connectivity index (χ2v) is 3.72. The van der Waals surface area contributed by atoms with Gasteiger partial charge in [-0.2, -0.15) is 12.6 Å². The van der Waals surface area contributed by atoms with Crippen molar-refractivity contribution in [2.75, 3.05) is 12.4 Å². The molecule has 1 heterocycles. The van der Waals surface area contributed by atoms with Crippen molar-refractivity contribution in [3.05, 3.63) is 24.0 Å². The third kappa shape index (κ3) is 3.22. The quantitative estimate of drug-likeness (QED) is 0.756. The van der Waals surface area contributed by atoms with Crippen LogP contribution in [0.15, 0.2) is 18.3 Å². The van der Waals surface area contributed by atoms with Gasteiger partial charge in [0, 0.05) is 12.1 Å². The van der Waals surface area contributed by atoms with Crippen LogP contribution in [-0.2, 0) is 0 Å². The molecule has 0 aliphatic rings. The highest BCUT2D eigenvalue weighted by Gasteiger charge is 2.06. The van der Waals surface area contributed by atoms with Gasteiger partial charge in [-0.25, -0.2) is 0 Å². The number of pyridine rings is 1. The van der Waals surface area contributed by atoms with E-state index in [9.17, 15) is 0 Å². The Hall–Kier alpha value is -0.700. The van der Waals surface area contributed by atoms with Gasteiger partial charge in [0.25, 0.3) is 0 Å². The predicted molar refractivity (Wildman–Crippen MR) is 62.1 cm³/mol. The summed E-state index contributed by atoms with van der Waals surface area (Å²) in [7, 11) is 0. The van der Waals surface area contributed by atoms with Crippen LogP contribution in [0.4, 0.5) is 0 Å². The van der Waals surface area contributed by atoms with Crippen molar-refractivity contribution < 1.29 is 4.74 Å². The van der Waals surface area contributed by atoms with Crippen molar-refractivity contribution in [3.8, 4) is 5.75 Å². The Kier molecular flexibility index (Phi) is 4.80. The summed E-state index contributed by atoms with van der Waals surface area (Å²) in [5.41, 5.74) is 0.946. The molecule has 1 aromatic heterocycles. The first-order valence-electron chi connectivity index (χ1n) is 4.93. The molecule has 78 valence electrons. The number of hydrogen-bond donors (Lipinski definition) is 1. The van der Waals surface area contributed by atoms with Crippen LogP contribution in [0.25, 0.3) is 0 Å². The Bertz CT molecular complexity index is 274. The van der Waals surface area contributed by atoms with E-state index in [0.29, 0.717) is 5.92 Å². The molecule has 0 aliphatic heterocycles. The Balaban J connectivity index is 2.49. The summed E-state index contributed by atoms with van der Waals surface area (Å²) in [5, 5.41) is 0. The summed E-state index contributed by atoms with van der Waals surface area (Å²) in [6, 6.07) is 3.84. The zero-order chi connectivity index (χ0) is 10.4. The molecule has 0 radical (unpaired) electrons. The Morgan fingerprint density at radius 3 is 2.93 bits per heavy atom. The van der Waals surface area contributed by atoms with Crippen LogP contribution in [0.5, 0.6) is 5.75 Å². The molecular weight excluding hydrogens is 194 g/mol. The number of rotatable bonds is 5. The second-order valence-electron chi connectivity index (χ2n) is 3.35. The molecule has 0 saturated carbocycles. The van der Waals surface area contributed by atoms with Crippen molar-refractivity contribution in [1.29, 1.82) is 0 Å². The fraction of sp³-hybridized carbons (Fsp3) is 0.545. The minimum Gasteiger partial charge on any atom is -0.491 e. The van der Waals surface area contributed by atoms with E-state index >= 15 is 0 Å². The molecule has 0 amide bonds. The molecule has 0 fully saturated rings. The third-order valence-corrected chi connectivity index (χ3v) is 2.78. The van der Waals surface area contributed by atoms with E-state index in [1.54, 1.807) is 6.20 Å². The Morgan fingerprint density at radius 2 is 2.36 bits per heavy atom. The smallest absolute Gasteiger partial charge is 0.140 e. The first-order chi connectivity index (χ1) is 6.77. The highest BCUT2D eigenvalue weighted by molar-refractivity contribution is 7.80. The lowest BCUT2D eigenvalue weighted by Crippen LogP contribution is -2.13. The van der Waals surface area contributed by atoms with Crippen molar-refractivity contribution in [2.24, 2.45) is 5.92 Å². The van der Waals surface area contributed by atoms with Gasteiger partial charge in [-0.05, 0) is 31.2 Å². The largest absolute Gasteiger partial charge is 0.491 e. The fourth-order valence-electron chi connectivity index (χ4n) is 1.13. The van der Waals surface area contributed by atoms with Gasteiger partial charge in [0.05, 0.1) is 12.3 Å². The molecule has 1 atom stereocenters. The van der Waals surface area contributed by atoms with Crippen LogP contribution >= 0.6 is 12.6 Å². The molecule has 14 heavy (non-hydrogen) atoms. The summed E-state index contributed by atoms with van der Waals surface area (Å²) in [6.45, 7) is 4.84. The topological polar surface area (TPSA) is 22.1 Å². The molecule has 0 bridgehead atoms. The zero-order valence-electron chi connectivity index (χ0n) is 8.73. The van der Waals surface area contributed by atoms with E-state index in [2.05, 4.69) is 24.5 Å². The van der Waals surface area contributed by atoms with E-state index in [1.807, 2.05) is 19.1 Å². The van der Waals surface area contributed by atoms with Gasteiger partial charge < -0.3 is 4.74 Å². The second kappa shape index (κ2) is 5.91. The summed E-state index contributed by atoms with van der Waals surface area (Å²) in [4.78, 5) is 4.16. The van der Waals surface area contributed by atoms with Gasteiger partial charge in [0.2, 0.25) is 0 Å². The van der Waals surface area contributed by atoms with Gasteiger partial charge in [0.15, 0.2) is 0 Å². The molecule has 0 spiro atoms. The van der Waals surface area contributed by atoms with Crippen LogP contribution in [-0.4, -0.2) is 17.3 Å². The molecule has 0 saturated heterocycles. The standard InChI is InChI=1S/C11H17NOS/c1-3-10(8-14)7-13-11-5-4-6-12-9(11)2/h4-6,10,14H,3,7-8H2,1-2H3. The first kappa shape index (κ1) is 11.4. The van der Waals surface area contributed by atoms with Gasteiger partial charge in [-0.3, -0.25) is 4.98 Å². The maximum Gasteiger partial charge on any atom is 0.140 e. The number of aryl methyl sites for hydroxylation is 1. The van der Waals surface area contributed by atoms with E-state index in [-0.39, 0.29) is 0 Å². The average Bonchev–Trinajstić information content (AvgIpc) is 2.22. The summed E-state index contributed by atoms with van der Waals surface area (Å²) in [5.74, 6) is 2.28. The van der Waals surface area contributed by atoms with E-state index in [0.717, 1.165) is 30.2 Å². The lowest BCUT2D eigenvalue weighted by atomic mass is 10.1. The minimum atomic E-state index is 0.526. The molecule has 3 heteroatoms. The number of hydrogen-bond acceptors (Lipinski definition) is 3. The molecule has 2 nitrogen and oxygen atoms in total. The summed E-state index contributed by atoms with van der Waals surface area (Å²) >= 11 is 4.27. The molecule has 0 N–H and O–H groups in total. The molecule has 1 unspecified atom stereocenters. The Morgan fingerprint density at radius 1 is 1.57 bits per heavy atom. The van der Waals surface area contributed by atoms with Crippen LogP contribution in [0.3, 0.4) is 0 Å². The van der Waals surface area contributed by atoms with Crippen molar-refractivity contribution in [3.63, 3.8) is 0 Å². The lowest BCUT2D eigenvalue weighted by molar-refractivity contribution is 0.257. The van der Waals surface area contributed by atoms with E-state index < -0.39 is 0 Å². The number of thiol groups is 1. The number of ether oxygens (including phenoxy) is 1. The van der Waals surface area contributed by atoms with Gasteiger partial charge in [0.1, 0.15) is 5.75 Å². The van der Waals surface area contributed by atoms with Crippen molar-refractivity contribution >= 4 is 12.6 Å². The molecular formula is C11H17NOS. The normalized spacial score (nSPS) is 12.5. The highest BCUT2D eigenvalue weighted by atomic mass is 32.1. The first-order valence-corrected chi connectivity index (χ1v) is 5.56. The lowest BCUT2D eigenvalue weighted by Gasteiger charge is -2.14. The predicted octanol–water partition coefficient (Wildman–Crippen LogP) is 2.72. The summed E-state index contributed by atoms with van der Waals surface area (Å²) < 4.78 is 5.67. The van der Waals surface area contributed by atoms with Gasteiger partial charge in [-0.1, -0.05) is 6.92 Å². The van der Waals surface area contributed by atoms with Crippen LogP contribution < -0.4 is 4.74 Å². The maximum absolute atomic E-state index is 5.67. The van der Waals surface area contributed by atoms with Crippen LogP contribution in [0.1, 0.15) is 19.0 Å². The zero-order valence-corrected chi connectivity index (χ0v) is 9.63. The maximum atomic E-state index is 5.67. The minimum absolute atomic E-state index is 0.526. The SMILES string of the molecule is CCC(CS)COc1cccnc1C. The molecule has 1 rings (SSSR count). The van der Waals surface area contributed by atoms with Crippen LogP contribution in [0.2, 0.25) is 0 Å². The van der Waals surface area contributed by atoms with E-state index in [4.69, 9.17) is 4.74 Å². The van der Waals surface area contributed by atoms with Gasteiger partial charge in [-0.15, -0.1) is 0 Å². The Labute approximate surface area is 91.1 Å². The molecule has 0 aliphatic carbocycles. The van der Waals surface area contributed by atoms with Gasteiger partial charge >= 0.3 is 0 Å². The number of aromatic nitrogens is 1. The summed E-state index contributed by atoms with van der Waals surface area (Å²) in [6.07, 6.45) is 2.88. The monoisotopic (exact) mass is 211 g/mol. The van der Waals surface area contributed by atoms with Crippen molar-refractivity contribution in [2.45, 2.75) is 20.3 Å². The number of nitrogens with zero attached hydrogens (tertiary/aromatic N) is 1. The van der Waals surface area contributed by atoms with Crippen LogP contribution in [0, 0.1) is 12.8 Å². The highest BCUT2D eigenvalue weighted by Crippen LogP contribution is 2.15. The molecule has 1 aromatic rings. The average molecular weight is 211 g/mol. The van der Waals surface area contributed by atoms with Crippen molar-refractivity contribution in [1.82, 2.24) is 4.98 Å². The third-order valence-electron chi connectivity index (χ3n) is 2.27. The van der Waals surface area contributed by atoms with E-state index in [1.165, 1.54) is 0 Å². The molecule has 0 aromatic carbocycles. The fourth-order valence-corrected chi connectivity index (χ4v) is 1.49.